The molecule has 0 saturated carbocycles. The van der Waals surface area contributed by atoms with E-state index in [-0.39, 0.29) is 17.1 Å². The average molecular weight is 513 g/mol. The Morgan fingerprint density at radius 3 is 2.58 bits per heavy atom. The minimum atomic E-state index is -1.13. The number of aromatic nitrogens is 1. The molecule has 1 unspecified atom stereocenters. The summed E-state index contributed by atoms with van der Waals surface area (Å²) >= 11 is 6.22. The molecule has 0 aliphatic carbocycles. The normalized spacial score (nSPS) is 16.8. The number of fused-ring (bicyclic) bond motifs is 1. The van der Waals surface area contributed by atoms with Gasteiger partial charge in [0.25, 0.3) is 0 Å². The molecule has 192 valence electrons. The molecular formula is C27H34ClFN6O. The standard InChI is InChI=1S/C27H34ClFN6O/c1-16(31)4-2-5-17-12-21(25(29)22(28)13-17)24-14-19-15-35(27(36)34-26(19)33-24)20-9-7-18(8-10-20)23(32)6-3-11-30/h7-10,12-16,23,27,36H,2-6,11,30-32H2,1H3,(H,33,34)/t16-,23-,27?/m0/s1. The fourth-order valence-corrected chi connectivity index (χ4v) is 4.67. The van der Waals surface area contributed by atoms with Gasteiger partial charge in [-0.3, -0.25) is 0 Å². The van der Waals surface area contributed by atoms with Gasteiger partial charge < -0.3 is 32.2 Å². The Hall–Kier alpha value is -2.75. The zero-order valence-electron chi connectivity index (χ0n) is 20.4. The van der Waals surface area contributed by atoms with Crippen molar-refractivity contribution in [2.24, 2.45) is 22.2 Å². The van der Waals surface area contributed by atoms with E-state index in [1.54, 1.807) is 23.2 Å². The lowest BCUT2D eigenvalue weighted by Gasteiger charge is -2.25. The molecule has 0 saturated heterocycles. The SMILES string of the molecule is C[C@H](N)CCCc1cc(Cl)c(F)c(-c2cc3c([nH]2)=NC(O)N(c2ccc([C@@H](N)CCCN)cc2)C=3)c1. The molecule has 8 N–H and O–H groups in total. The number of anilines is 1. The minimum absolute atomic E-state index is 0.0724. The first-order valence-corrected chi connectivity index (χ1v) is 12.7. The maximum atomic E-state index is 15.0. The third-order valence-corrected chi connectivity index (χ3v) is 6.71. The number of benzene rings is 2. The first kappa shape index (κ1) is 26.3. The van der Waals surface area contributed by atoms with Gasteiger partial charge in [-0.05, 0) is 87.0 Å². The van der Waals surface area contributed by atoms with Crippen LogP contribution in [0.1, 0.15) is 49.8 Å². The number of rotatable bonds is 10. The smallest absolute Gasteiger partial charge is 0.231 e. The van der Waals surface area contributed by atoms with Crippen LogP contribution in [0.3, 0.4) is 0 Å². The molecule has 0 amide bonds. The Balaban J connectivity index is 1.61. The van der Waals surface area contributed by atoms with Crippen LogP contribution in [0.4, 0.5) is 10.1 Å². The molecule has 3 aromatic rings. The van der Waals surface area contributed by atoms with Crippen molar-refractivity contribution < 1.29 is 9.50 Å². The Morgan fingerprint density at radius 1 is 1.14 bits per heavy atom. The molecule has 7 nitrogen and oxygen atoms in total. The summed E-state index contributed by atoms with van der Waals surface area (Å²) in [5, 5.41) is 11.5. The lowest BCUT2D eigenvalue weighted by Crippen LogP contribution is -2.41. The fourth-order valence-electron chi connectivity index (χ4n) is 4.42. The first-order valence-electron chi connectivity index (χ1n) is 12.3. The summed E-state index contributed by atoms with van der Waals surface area (Å²) in [6.45, 7) is 2.58. The van der Waals surface area contributed by atoms with Gasteiger partial charge in [0.1, 0.15) is 5.49 Å². The number of aryl methyl sites for hydroxylation is 1. The number of aliphatic hydroxyl groups excluding tert-OH is 1. The van der Waals surface area contributed by atoms with Gasteiger partial charge in [-0.15, -0.1) is 0 Å². The van der Waals surface area contributed by atoms with Crippen molar-refractivity contribution in [2.75, 3.05) is 11.4 Å². The summed E-state index contributed by atoms with van der Waals surface area (Å²) in [7, 11) is 0. The van der Waals surface area contributed by atoms with E-state index in [4.69, 9.17) is 28.8 Å². The first-order chi connectivity index (χ1) is 17.3. The Kier molecular flexibility index (Phi) is 8.43. The summed E-state index contributed by atoms with van der Waals surface area (Å²) in [5.41, 5.74) is 21.8. The fraction of sp³-hybridized carbons (Fsp3) is 0.370. The molecule has 36 heavy (non-hydrogen) atoms. The van der Waals surface area contributed by atoms with Crippen LogP contribution in [-0.4, -0.2) is 29.0 Å². The van der Waals surface area contributed by atoms with Crippen LogP contribution in [0.25, 0.3) is 17.5 Å². The molecular weight excluding hydrogens is 479 g/mol. The molecule has 0 radical (unpaired) electrons. The van der Waals surface area contributed by atoms with Crippen LogP contribution in [0.2, 0.25) is 5.02 Å². The van der Waals surface area contributed by atoms with E-state index in [1.165, 1.54) is 0 Å². The van der Waals surface area contributed by atoms with E-state index in [0.717, 1.165) is 54.1 Å². The summed E-state index contributed by atoms with van der Waals surface area (Å²) in [4.78, 5) is 9.17. The molecule has 1 aliphatic heterocycles. The Labute approximate surface area is 215 Å². The lowest BCUT2D eigenvalue weighted by atomic mass is 10.0. The van der Waals surface area contributed by atoms with Crippen LogP contribution < -0.4 is 32.8 Å². The number of H-pyrrole nitrogens is 1. The summed E-state index contributed by atoms with van der Waals surface area (Å²) in [6, 6.07) is 13.0. The van der Waals surface area contributed by atoms with Gasteiger partial charge in [-0.2, -0.15) is 0 Å². The molecule has 2 heterocycles. The van der Waals surface area contributed by atoms with Gasteiger partial charge in [0, 0.05) is 34.8 Å². The predicted molar refractivity (Wildman–Crippen MR) is 143 cm³/mol. The van der Waals surface area contributed by atoms with Crippen molar-refractivity contribution in [1.82, 2.24) is 4.98 Å². The number of aliphatic hydroxyl groups is 1. The second-order valence-corrected chi connectivity index (χ2v) is 9.84. The monoisotopic (exact) mass is 512 g/mol. The van der Waals surface area contributed by atoms with Crippen molar-refractivity contribution in [3.05, 3.63) is 75.1 Å². The van der Waals surface area contributed by atoms with Crippen molar-refractivity contribution in [3.8, 4) is 11.3 Å². The van der Waals surface area contributed by atoms with Crippen LogP contribution in [-0.2, 0) is 6.42 Å². The van der Waals surface area contributed by atoms with Gasteiger partial charge in [-0.1, -0.05) is 23.7 Å². The third kappa shape index (κ3) is 5.96. The second-order valence-electron chi connectivity index (χ2n) is 9.44. The van der Waals surface area contributed by atoms with E-state index < -0.39 is 12.2 Å². The molecule has 3 atom stereocenters. The molecule has 1 aliphatic rings. The molecule has 0 fully saturated rings. The molecule has 2 aromatic carbocycles. The third-order valence-electron chi connectivity index (χ3n) is 6.44. The topological polar surface area (TPSA) is 130 Å². The zero-order chi connectivity index (χ0) is 25.8. The van der Waals surface area contributed by atoms with Crippen molar-refractivity contribution in [2.45, 2.75) is 57.5 Å². The zero-order valence-corrected chi connectivity index (χ0v) is 21.2. The number of aromatic amines is 1. The molecule has 0 spiro atoms. The predicted octanol–water partition coefficient (Wildman–Crippen LogP) is 3.04. The summed E-state index contributed by atoms with van der Waals surface area (Å²) < 4.78 is 15.0. The Bertz CT molecular complexity index is 1310. The van der Waals surface area contributed by atoms with Gasteiger partial charge in [-0.25, -0.2) is 9.38 Å². The van der Waals surface area contributed by atoms with E-state index in [0.29, 0.717) is 23.3 Å². The molecule has 4 rings (SSSR count). The van der Waals surface area contributed by atoms with Gasteiger partial charge in [0.05, 0.1) is 10.7 Å². The number of nitrogens with one attached hydrogen (secondary N) is 1. The lowest BCUT2D eigenvalue weighted by molar-refractivity contribution is 0.186. The molecule has 9 heteroatoms. The number of hydrogen-bond acceptors (Lipinski definition) is 6. The number of hydrogen-bond donors (Lipinski definition) is 5. The maximum absolute atomic E-state index is 15.0. The van der Waals surface area contributed by atoms with E-state index in [2.05, 4.69) is 9.98 Å². The number of halogens is 2. The highest BCUT2D eigenvalue weighted by atomic mass is 35.5. The highest BCUT2D eigenvalue weighted by Crippen LogP contribution is 2.29. The van der Waals surface area contributed by atoms with Gasteiger partial charge in [0.15, 0.2) is 5.82 Å². The van der Waals surface area contributed by atoms with Crippen LogP contribution >= 0.6 is 11.6 Å². The largest absolute Gasteiger partial charge is 0.355 e. The van der Waals surface area contributed by atoms with E-state index >= 15 is 0 Å². The Morgan fingerprint density at radius 2 is 1.89 bits per heavy atom. The highest BCUT2D eigenvalue weighted by Gasteiger charge is 2.20. The van der Waals surface area contributed by atoms with Crippen LogP contribution in [0.15, 0.2) is 47.5 Å². The van der Waals surface area contributed by atoms with Gasteiger partial charge >= 0.3 is 0 Å². The van der Waals surface area contributed by atoms with E-state index in [1.807, 2.05) is 37.3 Å². The average Bonchev–Trinajstić information content (AvgIpc) is 3.26. The number of nitrogens with zero attached hydrogens (tertiary/aromatic N) is 2. The highest BCUT2D eigenvalue weighted by molar-refractivity contribution is 6.31. The minimum Gasteiger partial charge on any atom is -0.355 e. The van der Waals surface area contributed by atoms with Gasteiger partial charge in [0.2, 0.25) is 6.35 Å². The van der Waals surface area contributed by atoms with Crippen molar-refractivity contribution in [3.63, 3.8) is 0 Å². The summed E-state index contributed by atoms with van der Waals surface area (Å²) in [6.07, 6.45) is 4.86. The van der Waals surface area contributed by atoms with Crippen LogP contribution in [0.5, 0.6) is 0 Å². The van der Waals surface area contributed by atoms with Crippen molar-refractivity contribution >= 4 is 23.5 Å². The number of nitrogens with two attached hydrogens (primary N) is 3. The molecule has 0 bridgehead atoms. The maximum Gasteiger partial charge on any atom is 0.231 e. The summed E-state index contributed by atoms with van der Waals surface area (Å²) in [5.74, 6) is -0.495. The van der Waals surface area contributed by atoms with E-state index in [9.17, 15) is 9.50 Å². The van der Waals surface area contributed by atoms with Crippen molar-refractivity contribution in [1.29, 1.82) is 0 Å². The quantitative estimate of drug-likeness (QED) is 0.285. The van der Waals surface area contributed by atoms with Crippen LogP contribution in [0, 0.1) is 5.82 Å². The second kappa shape index (κ2) is 11.5. The molecule has 1 aromatic heterocycles.